The second kappa shape index (κ2) is 8.24. The third-order valence-electron chi connectivity index (χ3n) is 6.51. The van der Waals surface area contributed by atoms with E-state index in [2.05, 4.69) is 22.0 Å². The van der Waals surface area contributed by atoms with Gasteiger partial charge >= 0.3 is 0 Å². The summed E-state index contributed by atoms with van der Waals surface area (Å²) in [6.45, 7) is 5.44. The number of benzene rings is 2. The van der Waals surface area contributed by atoms with Crippen molar-refractivity contribution in [1.29, 1.82) is 0 Å². The first-order chi connectivity index (χ1) is 15.5. The molecule has 6 heteroatoms. The van der Waals surface area contributed by atoms with Crippen LogP contribution in [0.5, 0.6) is 0 Å². The fourth-order valence-corrected chi connectivity index (χ4v) is 5.27. The maximum Gasteiger partial charge on any atom is 0.196 e. The van der Waals surface area contributed by atoms with Gasteiger partial charge in [-0.15, -0.1) is 0 Å². The number of fused-ring (bicyclic) bond motifs is 1. The molecule has 0 unspecified atom stereocenters. The molecule has 32 heavy (non-hydrogen) atoms. The van der Waals surface area contributed by atoms with Gasteiger partial charge in [-0.3, -0.25) is 19.4 Å². The topological polar surface area (TPSA) is 53.5 Å². The number of carbonyl (C=O) groups excluding carboxylic acids is 2. The van der Waals surface area contributed by atoms with Crippen LogP contribution in [-0.2, 0) is 12.1 Å². The zero-order valence-electron chi connectivity index (χ0n) is 17.9. The Morgan fingerprint density at radius 3 is 2.06 bits per heavy atom. The summed E-state index contributed by atoms with van der Waals surface area (Å²) in [5.41, 5.74) is 2.13. The molecular weight excluding hydrogens is 422 g/mol. The first kappa shape index (κ1) is 21.0. The van der Waals surface area contributed by atoms with Crippen molar-refractivity contribution < 1.29 is 9.59 Å². The summed E-state index contributed by atoms with van der Waals surface area (Å²) < 4.78 is 0. The lowest BCUT2D eigenvalue weighted by Gasteiger charge is -2.44. The van der Waals surface area contributed by atoms with Crippen molar-refractivity contribution >= 4 is 23.2 Å². The van der Waals surface area contributed by atoms with Crippen LogP contribution >= 0.6 is 11.6 Å². The molecule has 2 heterocycles. The van der Waals surface area contributed by atoms with Crippen LogP contribution < -0.4 is 0 Å². The van der Waals surface area contributed by atoms with Gasteiger partial charge in [0.05, 0.1) is 0 Å². The first-order valence-corrected chi connectivity index (χ1v) is 11.2. The molecule has 2 aromatic carbocycles. The maximum atomic E-state index is 13.9. The smallest absolute Gasteiger partial charge is 0.196 e. The van der Waals surface area contributed by atoms with Crippen LogP contribution in [0.4, 0.5) is 0 Å². The van der Waals surface area contributed by atoms with Crippen LogP contribution in [0.1, 0.15) is 37.5 Å². The second-order valence-electron chi connectivity index (χ2n) is 8.48. The molecule has 0 saturated carbocycles. The molecule has 0 atom stereocenters. The highest BCUT2D eigenvalue weighted by Crippen LogP contribution is 2.43. The number of rotatable bonds is 4. The minimum atomic E-state index is -1.39. The summed E-state index contributed by atoms with van der Waals surface area (Å²) in [5.74, 6) is -0.340. The quantitative estimate of drug-likeness (QED) is 0.446. The number of hydrogen-bond donors (Lipinski definition) is 0. The number of halogens is 1. The Kier molecular flexibility index (Phi) is 5.41. The first-order valence-electron chi connectivity index (χ1n) is 10.8. The van der Waals surface area contributed by atoms with Crippen molar-refractivity contribution in [2.24, 2.45) is 0 Å². The van der Waals surface area contributed by atoms with Crippen LogP contribution in [0.3, 0.4) is 0 Å². The molecule has 1 aromatic heterocycles. The maximum absolute atomic E-state index is 13.9. The Morgan fingerprint density at radius 2 is 1.47 bits per heavy atom. The molecular formula is C26H24ClN3O2. The SMILES string of the molecule is Cc1cc(C2(N3CCN(Cc4ccccc4)CC3)C(=O)c3ccccc3C2=O)cc(Cl)n1. The summed E-state index contributed by atoms with van der Waals surface area (Å²) >= 11 is 6.29. The molecule has 0 N–H and O–H groups in total. The van der Waals surface area contributed by atoms with Gasteiger partial charge in [-0.1, -0.05) is 66.2 Å². The molecule has 0 amide bonds. The highest BCUT2D eigenvalue weighted by molar-refractivity contribution is 6.33. The van der Waals surface area contributed by atoms with Crippen LogP contribution in [0.25, 0.3) is 0 Å². The van der Waals surface area contributed by atoms with Gasteiger partial charge in [-0.05, 0) is 30.2 Å². The van der Waals surface area contributed by atoms with E-state index < -0.39 is 5.54 Å². The van der Waals surface area contributed by atoms with Crippen LogP contribution in [0.2, 0.25) is 5.15 Å². The van der Waals surface area contributed by atoms with Gasteiger partial charge in [-0.25, -0.2) is 4.98 Å². The zero-order chi connectivity index (χ0) is 22.3. The van der Waals surface area contributed by atoms with E-state index in [1.54, 1.807) is 18.2 Å². The van der Waals surface area contributed by atoms with E-state index >= 15 is 0 Å². The van der Waals surface area contributed by atoms with E-state index in [-0.39, 0.29) is 11.6 Å². The van der Waals surface area contributed by atoms with Crippen LogP contribution in [0.15, 0.2) is 66.7 Å². The number of aryl methyl sites for hydroxylation is 1. The molecule has 1 aliphatic heterocycles. The zero-order valence-corrected chi connectivity index (χ0v) is 18.7. The third-order valence-corrected chi connectivity index (χ3v) is 6.70. The number of pyridine rings is 1. The number of piperazine rings is 1. The summed E-state index contributed by atoms with van der Waals surface area (Å²) in [6, 6.07) is 21.0. The molecule has 0 bridgehead atoms. The van der Waals surface area contributed by atoms with Crippen molar-refractivity contribution in [3.05, 3.63) is 99.8 Å². The highest BCUT2D eigenvalue weighted by Gasteiger charge is 2.58. The minimum Gasteiger partial charge on any atom is -0.297 e. The summed E-state index contributed by atoms with van der Waals surface area (Å²) in [6.07, 6.45) is 0. The van der Waals surface area contributed by atoms with Gasteiger partial charge in [0.2, 0.25) is 0 Å². The number of hydrogen-bond acceptors (Lipinski definition) is 5. The Balaban J connectivity index is 1.51. The number of ketones is 2. The van der Waals surface area contributed by atoms with Crippen LogP contribution in [-0.4, -0.2) is 52.5 Å². The van der Waals surface area contributed by atoms with Crippen molar-refractivity contribution in [3.8, 4) is 0 Å². The monoisotopic (exact) mass is 445 g/mol. The molecule has 162 valence electrons. The molecule has 1 aliphatic carbocycles. The van der Waals surface area contributed by atoms with Gasteiger partial charge in [0.1, 0.15) is 5.15 Å². The fraction of sp³-hybridized carbons (Fsp3) is 0.269. The van der Waals surface area contributed by atoms with E-state index in [0.717, 1.165) is 19.6 Å². The van der Waals surface area contributed by atoms with E-state index in [1.165, 1.54) is 5.56 Å². The normalized spacial score (nSPS) is 18.7. The Morgan fingerprint density at radius 1 is 0.875 bits per heavy atom. The molecule has 1 fully saturated rings. The Bertz CT molecular complexity index is 1130. The van der Waals surface area contributed by atoms with Crippen molar-refractivity contribution in [2.45, 2.75) is 19.0 Å². The fourth-order valence-electron chi connectivity index (χ4n) is 5.02. The lowest BCUT2D eigenvalue weighted by molar-refractivity contribution is 0.0279. The van der Waals surface area contributed by atoms with Gasteiger partial charge in [0, 0.05) is 49.5 Å². The van der Waals surface area contributed by atoms with E-state index in [4.69, 9.17) is 11.6 Å². The highest BCUT2D eigenvalue weighted by atomic mass is 35.5. The number of carbonyl (C=O) groups is 2. The van der Waals surface area contributed by atoms with Crippen molar-refractivity contribution in [1.82, 2.24) is 14.8 Å². The standard InChI is InChI=1S/C26H24ClN3O2/c1-18-15-20(16-23(27)28-18)26(24(31)21-9-5-6-10-22(21)25(26)32)30-13-11-29(12-14-30)17-19-7-3-2-4-8-19/h2-10,15-16H,11-14,17H2,1H3. The number of Topliss-reactive ketones (excluding diaryl/α,β-unsaturated/α-hetero) is 2. The Hall–Kier alpha value is -2.86. The molecule has 3 aromatic rings. The summed E-state index contributed by atoms with van der Waals surface area (Å²) in [7, 11) is 0. The van der Waals surface area contributed by atoms with Gasteiger partial charge in [0.15, 0.2) is 17.1 Å². The Labute approximate surface area is 192 Å². The van der Waals surface area contributed by atoms with E-state index in [9.17, 15) is 9.59 Å². The largest absolute Gasteiger partial charge is 0.297 e. The summed E-state index contributed by atoms with van der Waals surface area (Å²) in [4.78, 5) is 36.4. The van der Waals surface area contributed by atoms with Crippen molar-refractivity contribution in [3.63, 3.8) is 0 Å². The molecule has 2 aliphatic rings. The van der Waals surface area contributed by atoms with E-state index in [0.29, 0.717) is 40.6 Å². The van der Waals surface area contributed by atoms with Crippen molar-refractivity contribution in [2.75, 3.05) is 26.2 Å². The number of aromatic nitrogens is 1. The minimum absolute atomic E-state index is 0.170. The van der Waals surface area contributed by atoms with Gasteiger partial charge in [0.25, 0.3) is 0 Å². The predicted molar refractivity (Wildman–Crippen MR) is 124 cm³/mol. The third kappa shape index (κ3) is 3.37. The molecule has 1 saturated heterocycles. The van der Waals surface area contributed by atoms with Gasteiger partial charge in [-0.2, -0.15) is 0 Å². The lowest BCUT2D eigenvalue weighted by Crippen LogP contribution is -2.60. The molecule has 5 rings (SSSR count). The summed E-state index contributed by atoms with van der Waals surface area (Å²) in [5, 5.41) is 0.290. The number of nitrogens with zero attached hydrogens (tertiary/aromatic N) is 3. The van der Waals surface area contributed by atoms with Gasteiger partial charge < -0.3 is 0 Å². The molecule has 5 nitrogen and oxygen atoms in total. The molecule has 0 spiro atoms. The predicted octanol–water partition coefficient (Wildman–Crippen LogP) is 4.14. The average Bonchev–Trinajstić information content (AvgIpc) is 3.02. The second-order valence-corrected chi connectivity index (χ2v) is 8.87. The lowest BCUT2D eigenvalue weighted by atomic mass is 9.82. The van der Waals surface area contributed by atoms with Crippen LogP contribution in [0, 0.1) is 6.92 Å². The molecule has 0 radical (unpaired) electrons. The van der Waals surface area contributed by atoms with E-state index in [1.807, 2.05) is 48.2 Å². The average molecular weight is 446 g/mol.